The Balaban J connectivity index is 1.46. The summed E-state index contributed by atoms with van der Waals surface area (Å²) in [5.74, 6) is 0.882. The van der Waals surface area contributed by atoms with Gasteiger partial charge in [-0.1, -0.05) is 51.3 Å². The summed E-state index contributed by atoms with van der Waals surface area (Å²) in [6, 6.07) is 10.7. The molecular formula is C28H39N5O3S. The molecule has 2 heterocycles. The number of aromatic nitrogens is 3. The number of phenols is 2. The van der Waals surface area contributed by atoms with Gasteiger partial charge in [0.15, 0.2) is 5.82 Å². The summed E-state index contributed by atoms with van der Waals surface area (Å²) < 4.78 is 1.51. The number of rotatable bonds is 9. The SMILES string of the molecule is CCC(CN1CCN(Cc2ccc(-n3c(O)nnc3-c3cc(C(C)C)c(O)cc3O)cc2)CC1)C(C)S. The van der Waals surface area contributed by atoms with Crippen molar-refractivity contribution in [2.75, 3.05) is 32.7 Å². The molecule has 3 aromatic rings. The first-order valence-corrected chi connectivity index (χ1v) is 13.6. The number of aromatic hydroxyl groups is 3. The van der Waals surface area contributed by atoms with Crippen LogP contribution in [0.15, 0.2) is 36.4 Å². The van der Waals surface area contributed by atoms with Crippen molar-refractivity contribution in [1.29, 1.82) is 0 Å². The molecule has 0 spiro atoms. The van der Waals surface area contributed by atoms with Crippen LogP contribution >= 0.6 is 12.6 Å². The summed E-state index contributed by atoms with van der Waals surface area (Å²) in [7, 11) is 0. The third kappa shape index (κ3) is 6.22. The predicted octanol–water partition coefficient (Wildman–Crippen LogP) is 4.64. The summed E-state index contributed by atoms with van der Waals surface area (Å²) in [6.07, 6.45) is 1.16. The summed E-state index contributed by atoms with van der Waals surface area (Å²) >= 11 is 4.66. The Morgan fingerprint density at radius 3 is 2.14 bits per heavy atom. The van der Waals surface area contributed by atoms with Crippen LogP contribution in [0.25, 0.3) is 17.1 Å². The molecule has 1 aliphatic heterocycles. The first-order valence-electron chi connectivity index (χ1n) is 13.1. The van der Waals surface area contributed by atoms with Crippen LogP contribution in [0.1, 0.15) is 51.2 Å². The monoisotopic (exact) mass is 525 g/mol. The third-order valence-electron chi connectivity index (χ3n) is 7.42. The molecule has 1 fully saturated rings. The van der Waals surface area contributed by atoms with Crippen molar-refractivity contribution >= 4 is 12.6 Å². The van der Waals surface area contributed by atoms with Crippen LogP contribution in [0.5, 0.6) is 17.5 Å². The van der Waals surface area contributed by atoms with Crippen molar-refractivity contribution in [2.45, 2.75) is 51.8 Å². The first kappa shape index (κ1) is 27.3. The number of phenolic OH excluding ortho intramolecular Hbond substituents is 2. The van der Waals surface area contributed by atoms with E-state index in [9.17, 15) is 15.3 Å². The zero-order valence-corrected chi connectivity index (χ0v) is 23.1. The molecule has 0 aliphatic carbocycles. The van der Waals surface area contributed by atoms with E-state index >= 15 is 0 Å². The highest BCUT2D eigenvalue weighted by atomic mass is 32.1. The molecule has 0 radical (unpaired) electrons. The van der Waals surface area contributed by atoms with E-state index in [0.717, 1.165) is 45.7 Å². The Labute approximate surface area is 225 Å². The first-order chi connectivity index (χ1) is 17.7. The van der Waals surface area contributed by atoms with Gasteiger partial charge in [-0.05, 0) is 41.2 Å². The molecule has 0 amide bonds. The maximum Gasteiger partial charge on any atom is 0.319 e. The standard InChI is InChI=1S/C28H39N5O3S/c1-5-21(19(4)37)17-32-12-10-31(11-13-32)16-20-6-8-22(9-7-20)33-27(29-30-28(33)36)24-14-23(18(2)3)25(34)15-26(24)35/h6-9,14-15,18-19,21,34-35,37H,5,10-13,16-17H2,1-4H3,(H,30,36). The van der Waals surface area contributed by atoms with Crippen molar-refractivity contribution in [3.05, 3.63) is 47.5 Å². The maximum atomic E-state index is 10.5. The highest BCUT2D eigenvalue weighted by molar-refractivity contribution is 7.80. The molecule has 1 aliphatic rings. The molecule has 1 aromatic heterocycles. The summed E-state index contributed by atoms with van der Waals surface area (Å²) in [6.45, 7) is 14.6. The van der Waals surface area contributed by atoms with Gasteiger partial charge in [-0.3, -0.25) is 4.90 Å². The van der Waals surface area contributed by atoms with E-state index in [2.05, 4.69) is 58.6 Å². The molecule has 2 unspecified atom stereocenters. The van der Waals surface area contributed by atoms with Gasteiger partial charge in [-0.2, -0.15) is 12.6 Å². The van der Waals surface area contributed by atoms with Crippen LogP contribution in [0.4, 0.5) is 0 Å². The predicted molar refractivity (Wildman–Crippen MR) is 150 cm³/mol. The maximum absolute atomic E-state index is 10.5. The zero-order chi connectivity index (χ0) is 26.7. The van der Waals surface area contributed by atoms with Crippen LogP contribution < -0.4 is 0 Å². The van der Waals surface area contributed by atoms with Gasteiger partial charge >= 0.3 is 6.01 Å². The fraction of sp³-hybridized carbons (Fsp3) is 0.500. The van der Waals surface area contributed by atoms with Crippen molar-refractivity contribution in [1.82, 2.24) is 24.6 Å². The smallest absolute Gasteiger partial charge is 0.319 e. The van der Waals surface area contributed by atoms with E-state index in [0.29, 0.717) is 33.8 Å². The van der Waals surface area contributed by atoms with E-state index in [1.54, 1.807) is 6.07 Å². The molecule has 1 saturated heterocycles. The Kier molecular flexibility index (Phi) is 8.67. The van der Waals surface area contributed by atoms with Crippen molar-refractivity contribution in [3.63, 3.8) is 0 Å². The average Bonchev–Trinajstić information content (AvgIpc) is 3.24. The third-order valence-corrected chi connectivity index (χ3v) is 7.84. The fourth-order valence-electron chi connectivity index (χ4n) is 5.02. The number of piperazine rings is 1. The van der Waals surface area contributed by atoms with E-state index < -0.39 is 0 Å². The van der Waals surface area contributed by atoms with Crippen molar-refractivity contribution in [3.8, 4) is 34.6 Å². The second-order valence-electron chi connectivity index (χ2n) is 10.4. The molecule has 0 bridgehead atoms. The van der Waals surface area contributed by atoms with Gasteiger partial charge in [0.05, 0.1) is 11.3 Å². The second-order valence-corrected chi connectivity index (χ2v) is 11.2. The topological polar surface area (TPSA) is 97.9 Å². The van der Waals surface area contributed by atoms with Gasteiger partial charge in [0.1, 0.15) is 11.5 Å². The Bertz CT molecular complexity index is 1190. The molecule has 37 heavy (non-hydrogen) atoms. The molecule has 4 rings (SSSR count). The van der Waals surface area contributed by atoms with Crippen LogP contribution in [0.3, 0.4) is 0 Å². The minimum absolute atomic E-state index is 0.0261. The van der Waals surface area contributed by atoms with Gasteiger partial charge in [-0.25, -0.2) is 4.57 Å². The summed E-state index contributed by atoms with van der Waals surface area (Å²) in [5, 5.41) is 39.6. The van der Waals surface area contributed by atoms with Crippen molar-refractivity contribution in [2.24, 2.45) is 5.92 Å². The normalized spacial score (nSPS) is 16.8. The highest BCUT2D eigenvalue weighted by Crippen LogP contribution is 2.38. The van der Waals surface area contributed by atoms with E-state index in [4.69, 9.17) is 0 Å². The van der Waals surface area contributed by atoms with E-state index in [1.165, 1.54) is 16.2 Å². The zero-order valence-electron chi connectivity index (χ0n) is 22.2. The lowest BCUT2D eigenvalue weighted by Gasteiger charge is -2.37. The highest BCUT2D eigenvalue weighted by Gasteiger charge is 2.23. The molecule has 3 N–H and O–H groups in total. The van der Waals surface area contributed by atoms with Crippen LogP contribution in [0.2, 0.25) is 0 Å². The van der Waals surface area contributed by atoms with Gasteiger partial charge in [0.2, 0.25) is 0 Å². The number of hydrogen-bond donors (Lipinski definition) is 4. The molecule has 2 aromatic carbocycles. The lowest BCUT2D eigenvalue weighted by Crippen LogP contribution is -2.47. The fourth-order valence-corrected chi connectivity index (χ4v) is 5.32. The lowest BCUT2D eigenvalue weighted by molar-refractivity contribution is 0.112. The lowest BCUT2D eigenvalue weighted by atomic mass is 9.98. The Morgan fingerprint density at radius 1 is 0.892 bits per heavy atom. The van der Waals surface area contributed by atoms with E-state index in [1.807, 2.05) is 26.0 Å². The minimum Gasteiger partial charge on any atom is -0.508 e. The van der Waals surface area contributed by atoms with Gasteiger partial charge in [0.25, 0.3) is 0 Å². The minimum atomic E-state index is -0.265. The van der Waals surface area contributed by atoms with Gasteiger partial charge in [0, 0.05) is 50.6 Å². The number of nitrogens with zero attached hydrogens (tertiary/aromatic N) is 5. The molecule has 9 heteroatoms. The largest absolute Gasteiger partial charge is 0.508 e. The van der Waals surface area contributed by atoms with Gasteiger partial charge in [-0.15, -0.1) is 5.10 Å². The second kappa shape index (κ2) is 11.8. The van der Waals surface area contributed by atoms with Crippen molar-refractivity contribution < 1.29 is 15.3 Å². The van der Waals surface area contributed by atoms with Gasteiger partial charge < -0.3 is 20.2 Å². The van der Waals surface area contributed by atoms with Crippen LogP contribution in [-0.2, 0) is 6.54 Å². The number of benzene rings is 2. The summed E-state index contributed by atoms with van der Waals surface area (Å²) in [5.41, 5.74) is 2.96. The molecule has 8 nitrogen and oxygen atoms in total. The Morgan fingerprint density at radius 2 is 1.54 bits per heavy atom. The molecule has 0 saturated carbocycles. The quantitative estimate of drug-likeness (QED) is 0.302. The van der Waals surface area contributed by atoms with Crippen LogP contribution in [-0.4, -0.2) is 77.9 Å². The Hall–Kier alpha value is -2.75. The molecule has 2 atom stereocenters. The average molecular weight is 526 g/mol. The van der Waals surface area contributed by atoms with E-state index in [-0.39, 0.29) is 23.4 Å². The molecular weight excluding hydrogens is 486 g/mol. The number of hydrogen-bond acceptors (Lipinski definition) is 8. The van der Waals surface area contributed by atoms with Crippen LogP contribution in [0, 0.1) is 5.92 Å². The number of thiol groups is 1. The molecule has 200 valence electrons. The summed E-state index contributed by atoms with van der Waals surface area (Å²) in [4.78, 5) is 5.03.